The molecule has 0 aliphatic heterocycles. The van der Waals surface area contributed by atoms with Gasteiger partial charge in [0.25, 0.3) is 5.69 Å². The van der Waals surface area contributed by atoms with E-state index in [-0.39, 0.29) is 11.4 Å². The van der Waals surface area contributed by atoms with Gasteiger partial charge in [-0.1, -0.05) is 6.07 Å². The van der Waals surface area contributed by atoms with E-state index in [1.54, 1.807) is 0 Å². The van der Waals surface area contributed by atoms with Crippen molar-refractivity contribution in [2.75, 3.05) is 17.7 Å². The Bertz CT molecular complexity index is 493. The van der Waals surface area contributed by atoms with Gasteiger partial charge in [-0.15, -0.1) is 11.6 Å². The summed E-state index contributed by atoms with van der Waals surface area (Å²) in [6, 6.07) is 5.33. The summed E-state index contributed by atoms with van der Waals surface area (Å²) in [4.78, 5) is 32.8. The van der Waals surface area contributed by atoms with E-state index in [0.29, 0.717) is 18.8 Å². The number of halogens is 1. The van der Waals surface area contributed by atoms with Crippen molar-refractivity contribution in [3.05, 3.63) is 34.4 Å². The molecule has 0 unspecified atom stereocenters. The number of carbonyl (C=O) groups excluding carboxylic acids is 2. The fourth-order valence-electron chi connectivity index (χ4n) is 1.23. The fraction of sp³-hybridized carbons (Fsp3) is 0.273. The number of nitro benzene ring substituents is 1. The molecule has 102 valence electrons. The Balaban J connectivity index is 2.59. The summed E-state index contributed by atoms with van der Waals surface area (Å²) in [5, 5.41) is 15.2. The molecule has 0 spiro atoms. The Kier molecular flexibility index (Phi) is 5.74. The number of anilines is 1. The number of nitro groups is 1. The van der Waals surface area contributed by atoms with Gasteiger partial charge in [-0.3, -0.25) is 19.7 Å². The van der Waals surface area contributed by atoms with Crippen LogP contribution in [0.15, 0.2) is 24.3 Å². The standard InChI is InChI=1S/C11H12ClN3O4/c12-5-2-6-13-10(16)11(17)14-8-3-1-4-9(7-8)15(18)19/h1,3-4,7H,2,5-6H2,(H,13,16)(H,14,17). The number of carbonyl (C=O) groups is 2. The summed E-state index contributed by atoms with van der Waals surface area (Å²) < 4.78 is 0. The molecule has 0 aromatic heterocycles. The van der Waals surface area contributed by atoms with E-state index in [9.17, 15) is 19.7 Å². The Hall–Kier alpha value is -2.15. The van der Waals surface area contributed by atoms with Crippen molar-refractivity contribution >= 4 is 34.8 Å². The fourth-order valence-corrected chi connectivity index (χ4v) is 1.37. The second-order valence-corrected chi connectivity index (χ2v) is 3.94. The van der Waals surface area contributed by atoms with Gasteiger partial charge in [0.15, 0.2) is 0 Å². The van der Waals surface area contributed by atoms with Crippen LogP contribution in [0.4, 0.5) is 11.4 Å². The number of hydrogen-bond donors (Lipinski definition) is 2. The topological polar surface area (TPSA) is 101 Å². The Morgan fingerprint density at radius 3 is 2.68 bits per heavy atom. The molecular formula is C11H12ClN3O4. The lowest BCUT2D eigenvalue weighted by molar-refractivity contribution is -0.384. The van der Waals surface area contributed by atoms with Gasteiger partial charge in [-0.25, -0.2) is 0 Å². The summed E-state index contributed by atoms with van der Waals surface area (Å²) in [6.45, 7) is 0.296. The molecule has 0 radical (unpaired) electrons. The largest absolute Gasteiger partial charge is 0.348 e. The Morgan fingerprint density at radius 1 is 1.32 bits per heavy atom. The minimum atomic E-state index is -0.880. The molecule has 0 bridgehead atoms. The van der Waals surface area contributed by atoms with Crippen molar-refractivity contribution in [3.63, 3.8) is 0 Å². The van der Waals surface area contributed by atoms with Gasteiger partial charge in [0.2, 0.25) is 0 Å². The van der Waals surface area contributed by atoms with E-state index in [1.807, 2.05) is 0 Å². The number of amides is 2. The third kappa shape index (κ3) is 4.92. The van der Waals surface area contributed by atoms with Crippen molar-refractivity contribution in [2.24, 2.45) is 0 Å². The number of rotatable bonds is 5. The average Bonchev–Trinajstić information content (AvgIpc) is 2.39. The van der Waals surface area contributed by atoms with Crippen LogP contribution < -0.4 is 10.6 Å². The molecular weight excluding hydrogens is 274 g/mol. The average molecular weight is 286 g/mol. The van der Waals surface area contributed by atoms with Crippen LogP contribution in [-0.4, -0.2) is 29.2 Å². The van der Waals surface area contributed by atoms with E-state index in [1.165, 1.54) is 24.3 Å². The van der Waals surface area contributed by atoms with Gasteiger partial charge >= 0.3 is 11.8 Å². The monoisotopic (exact) mass is 285 g/mol. The molecule has 0 saturated heterocycles. The summed E-state index contributed by atoms with van der Waals surface area (Å²) >= 11 is 5.43. The SMILES string of the molecule is O=C(NCCCCl)C(=O)Nc1cccc([N+](=O)[O-])c1. The number of benzene rings is 1. The van der Waals surface area contributed by atoms with Crippen LogP contribution in [0.2, 0.25) is 0 Å². The van der Waals surface area contributed by atoms with Crippen LogP contribution in [-0.2, 0) is 9.59 Å². The molecule has 0 fully saturated rings. The molecule has 8 heteroatoms. The number of alkyl halides is 1. The first-order chi connectivity index (χ1) is 9.04. The summed E-state index contributed by atoms with van der Waals surface area (Å²) in [5.41, 5.74) is 0.0204. The highest BCUT2D eigenvalue weighted by Crippen LogP contribution is 2.16. The highest BCUT2D eigenvalue weighted by atomic mass is 35.5. The highest BCUT2D eigenvalue weighted by molar-refractivity contribution is 6.39. The summed E-state index contributed by atoms with van der Waals surface area (Å²) in [5.74, 6) is -1.31. The van der Waals surface area contributed by atoms with Gasteiger partial charge in [0, 0.05) is 30.2 Å². The molecule has 1 aromatic rings. The molecule has 7 nitrogen and oxygen atoms in total. The maximum absolute atomic E-state index is 11.5. The zero-order valence-corrected chi connectivity index (χ0v) is 10.6. The molecule has 1 aromatic carbocycles. The summed E-state index contributed by atoms with van der Waals surface area (Å²) in [7, 11) is 0. The number of non-ortho nitro benzene ring substituents is 1. The van der Waals surface area contributed by atoms with Crippen LogP contribution in [0.25, 0.3) is 0 Å². The van der Waals surface area contributed by atoms with Gasteiger partial charge in [-0.2, -0.15) is 0 Å². The van der Waals surface area contributed by atoms with Gasteiger partial charge in [0.1, 0.15) is 0 Å². The van der Waals surface area contributed by atoms with Crippen LogP contribution in [0.1, 0.15) is 6.42 Å². The van der Waals surface area contributed by atoms with E-state index < -0.39 is 16.7 Å². The third-order valence-corrected chi connectivity index (χ3v) is 2.38. The van der Waals surface area contributed by atoms with Crippen LogP contribution in [0, 0.1) is 10.1 Å². The molecule has 0 atom stereocenters. The second kappa shape index (κ2) is 7.32. The van der Waals surface area contributed by atoms with E-state index >= 15 is 0 Å². The molecule has 2 amide bonds. The Labute approximate surface area is 114 Å². The van der Waals surface area contributed by atoms with Crippen molar-refractivity contribution in [2.45, 2.75) is 6.42 Å². The molecule has 19 heavy (non-hydrogen) atoms. The molecule has 0 saturated carbocycles. The molecule has 2 N–H and O–H groups in total. The van der Waals surface area contributed by atoms with Crippen LogP contribution in [0.5, 0.6) is 0 Å². The first kappa shape index (κ1) is 14.9. The van der Waals surface area contributed by atoms with Crippen molar-refractivity contribution in [3.8, 4) is 0 Å². The quantitative estimate of drug-likeness (QED) is 0.280. The smallest absolute Gasteiger partial charge is 0.313 e. The Morgan fingerprint density at radius 2 is 2.05 bits per heavy atom. The van der Waals surface area contributed by atoms with Crippen molar-refractivity contribution < 1.29 is 14.5 Å². The lowest BCUT2D eigenvalue weighted by Gasteiger charge is -2.05. The van der Waals surface area contributed by atoms with Gasteiger partial charge < -0.3 is 10.6 Å². The van der Waals surface area contributed by atoms with Gasteiger partial charge in [0.05, 0.1) is 4.92 Å². The van der Waals surface area contributed by atoms with E-state index in [2.05, 4.69) is 10.6 Å². The van der Waals surface area contributed by atoms with Crippen molar-refractivity contribution in [1.82, 2.24) is 5.32 Å². The predicted molar refractivity (Wildman–Crippen MR) is 70.1 cm³/mol. The predicted octanol–water partition coefficient (Wildman–Crippen LogP) is 1.28. The number of hydrogen-bond acceptors (Lipinski definition) is 4. The number of nitrogens with one attached hydrogen (secondary N) is 2. The molecule has 0 aliphatic rings. The summed E-state index contributed by atoms with van der Waals surface area (Å²) in [6.07, 6.45) is 0.553. The van der Waals surface area contributed by atoms with Crippen molar-refractivity contribution in [1.29, 1.82) is 0 Å². The lowest BCUT2D eigenvalue weighted by atomic mass is 10.3. The zero-order chi connectivity index (χ0) is 14.3. The molecule has 1 rings (SSSR count). The van der Waals surface area contributed by atoms with Crippen LogP contribution in [0.3, 0.4) is 0 Å². The maximum Gasteiger partial charge on any atom is 0.313 e. The van der Waals surface area contributed by atoms with E-state index in [4.69, 9.17) is 11.6 Å². The third-order valence-electron chi connectivity index (χ3n) is 2.12. The van der Waals surface area contributed by atoms with Crippen LogP contribution >= 0.6 is 11.6 Å². The molecule has 0 aliphatic carbocycles. The molecule has 0 heterocycles. The first-order valence-electron chi connectivity index (χ1n) is 5.44. The minimum Gasteiger partial charge on any atom is -0.348 e. The highest BCUT2D eigenvalue weighted by Gasteiger charge is 2.14. The minimum absolute atomic E-state index is 0.166. The second-order valence-electron chi connectivity index (χ2n) is 3.56. The number of nitrogens with zero attached hydrogens (tertiary/aromatic N) is 1. The zero-order valence-electron chi connectivity index (χ0n) is 9.89. The van der Waals surface area contributed by atoms with Gasteiger partial charge in [-0.05, 0) is 12.5 Å². The normalized spacial score (nSPS) is 9.74. The lowest BCUT2D eigenvalue weighted by Crippen LogP contribution is -2.36. The van der Waals surface area contributed by atoms with E-state index in [0.717, 1.165) is 0 Å². The first-order valence-corrected chi connectivity index (χ1v) is 5.97. The maximum atomic E-state index is 11.5.